The monoisotopic (exact) mass is 354 g/mol. The summed E-state index contributed by atoms with van der Waals surface area (Å²) >= 11 is 6.48. The van der Waals surface area contributed by atoms with Crippen LogP contribution in [0.4, 0.5) is 5.82 Å². The number of nitrogen functional groups attached to an aromatic ring is 1. The minimum atomic E-state index is 0.131. The smallest absolute Gasteiger partial charge is 0.157 e. The Kier molecular flexibility index (Phi) is 8.30. The number of hydrogen-bond donors (Lipinski definition) is 2. The maximum atomic E-state index is 8.42. The zero-order valence-electron chi connectivity index (χ0n) is 14.8. The van der Waals surface area contributed by atoms with Gasteiger partial charge in [-0.15, -0.1) is 10.2 Å². The molecule has 0 radical (unpaired) electrons. The molecule has 0 aliphatic heterocycles. The normalized spacial score (nSPS) is 11.0. The van der Waals surface area contributed by atoms with Gasteiger partial charge in [0.2, 0.25) is 0 Å². The van der Waals surface area contributed by atoms with Gasteiger partial charge < -0.3 is 5.73 Å². The summed E-state index contributed by atoms with van der Waals surface area (Å²) in [6.45, 7) is 9.47. The molecule has 4 nitrogen and oxygen atoms in total. The molecule has 0 aliphatic rings. The van der Waals surface area contributed by atoms with Crippen molar-refractivity contribution >= 4 is 23.1 Å². The van der Waals surface area contributed by atoms with Crippen molar-refractivity contribution in [1.82, 2.24) is 10.2 Å². The first-order chi connectivity index (χ1) is 12.1. The zero-order chi connectivity index (χ0) is 18.8. The molecule has 2 aromatic rings. The summed E-state index contributed by atoms with van der Waals surface area (Å²) in [5.41, 5.74) is 8.49. The van der Waals surface area contributed by atoms with Crippen LogP contribution in [0.15, 0.2) is 66.8 Å². The van der Waals surface area contributed by atoms with Gasteiger partial charge in [-0.3, -0.25) is 5.41 Å². The molecule has 0 unspecified atom stereocenters. The average molecular weight is 355 g/mol. The standard InChI is InChI=1S/C18H17ClN4.C2H6/c1-3-5-9-12(4-2)16(20)14-15(19)17(22-23-18(14)21)13-10-7-6-8-11-13;1-2/h3-11,20H,1H2,2H3,(H2,21,23);1-2H3/b9-5-,12-4+,20-16?;. The number of allylic oxidation sites excluding steroid dienone is 5. The molecule has 0 amide bonds. The van der Waals surface area contributed by atoms with E-state index in [-0.39, 0.29) is 11.5 Å². The van der Waals surface area contributed by atoms with Crippen molar-refractivity contribution in [2.45, 2.75) is 20.8 Å². The van der Waals surface area contributed by atoms with E-state index < -0.39 is 0 Å². The molecule has 25 heavy (non-hydrogen) atoms. The molecular formula is C20H23ClN4. The number of rotatable bonds is 5. The number of benzene rings is 1. The van der Waals surface area contributed by atoms with Gasteiger partial charge >= 0.3 is 0 Å². The van der Waals surface area contributed by atoms with E-state index in [1.807, 2.05) is 51.1 Å². The van der Waals surface area contributed by atoms with E-state index in [1.54, 1.807) is 24.3 Å². The van der Waals surface area contributed by atoms with Gasteiger partial charge in [-0.25, -0.2) is 0 Å². The third-order valence-corrected chi connectivity index (χ3v) is 3.62. The third kappa shape index (κ3) is 4.88. The fourth-order valence-corrected chi connectivity index (χ4v) is 2.43. The minimum absolute atomic E-state index is 0.131. The summed E-state index contributed by atoms with van der Waals surface area (Å²) in [5, 5.41) is 16.8. The van der Waals surface area contributed by atoms with Crippen molar-refractivity contribution in [3.8, 4) is 11.3 Å². The van der Waals surface area contributed by atoms with Crippen molar-refractivity contribution < 1.29 is 0 Å². The van der Waals surface area contributed by atoms with Crippen molar-refractivity contribution in [1.29, 1.82) is 5.41 Å². The van der Waals surface area contributed by atoms with Crippen LogP contribution >= 0.6 is 11.6 Å². The van der Waals surface area contributed by atoms with Crippen LogP contribution in [0.3, 0.4) is 0 Å². The zero-order valence-corrected chi connectivity index (χ0v) is 15.5. The van der Waals surface area contributed by atoms with E-state index in [1.165, 1.54) is 0 Å². The number of hydrogen-bond acceptors (Lipinski definition) is 4. The largest absolute Gasteiger partial charge is 0.382 e. The molecule has 0 saturated carbocycles. The van der Waals surface area contributed by atoms with Crippen LogP contribution in [0.25, 0.3) is 11.3 Å². The molecule has 0 spiro atoms. The van der Waals surface area contributed by atoms with E-state index in [0.29, 0.717) is 21.9 Å². The fourth-order valence-electron chi connectivity index (χ4n) is 2.09. The first kappa shape index (κ1) is 20.3. The highest BCUT2D eigenvalue weighted by Gasteiger charge is 2.19. The molecule has 2 rings (SSSR count). The Hall–Kier alpha value is -2.72. The Morgan fingerprint density at radius 1 is 1.20 bits per heavy atom. The summed E-state index contributed by atoms with van der Waals surface area (Å²) < 4.78 is 0. The Bertz CT molecular complexity index is 793. The lowest BCUT2D eigenvalue weighted by Crippen LogP contribution is -2.10. The lowest BCUT2D eigenvalue weighted by molar-refractivity contribution is 1.04. The fraction of sp³-hybridized carbons (Fsp3) is 0.150. The molecule has 3 N–H and O–H groups in total. The maximum Gasteiger partial charge on any atom is 0.157 e. The lowest BCUT2D eigenvalue weighted by Gasteiger charge is -2.12. The summed E-state index contributed by atoms with van der Waals surface area (Å²) in [6, 6.07) is 9.45. The van der Waals surface area contributed by atoms with Crippen molar-refractivity contribution in [3.05, 3.63) is 77.4 Å². The van der Waals surface area contributed by atoms with Gasteiger partial charge in [0.25, 0.3) is 0 Å². The molecule has 0 saturated heterocycles. The van der Waals surface area contributed by atoms with Gasteiger partial charge in [0, 0.05) is 5.56 Å². The van der Waals surface area contributed by atoms with Crippen LogP contribution < -0.4 is 5.73 Å². The van der Waals surface area contributed by atoms with Gasteiger partial charge in [0.1, 0.15) is 5.69 Å². The topological polar surface area (TPSA) is 75.7 Å². The van der Waals surface area contributed by atoms with Crippen LogP contribution in [0.1, 0.15) is 26.3 Å². The predicted octanol–water partition coefficient (Wildman–Crippen LogP) is 5.46. The van der Waals surface area contributed by atoms with E-state index >= 15 is 0 Å². The molecule has 0 aliphatic carbocycles. The first-order valence-electron chi connectivity index (χ1n) is 8.02. The SMILES string of the molecule is C=C/C=C\C(=C/C)C(=N)c1c(N)nnc(-c2ccccc2)c1Cl.CC. The molecular weight excluding hydrogens is 332 g/mol. The maximum absolute atomic E-state index is 8.42. The summed E-state index contributed by atoms with van der Waals surface area (Å²) in [5.74, 6) is 0.131. The highest BCUT2D eigenvalue weighted by Crippen LogP contribution is 2.32. The Labute approximate surface area is 154 Å². The van der Waals surface area contributed by atoms with Crippen molar-refractivity contribution in [3.63, 3.8) is 0 Å². The van der Waals surface area contributed by atoms with E-state index in [4.69, 9.17) is 22.7 Å². The van der Waals surface area contributed by atoms with Gasteiger partial charge in [-0.1, -0.05) is 86.7 Å². The number of nitrogens with zero attached hydrogens (tertiary/aromatic N) is 2. The Morgan fingerprint density at radius 3 is 2.40 bits per heavy atom. The lowest BCUT2D eigenvalue weighted by atomic mass is 10.0. The third-order valence-electron chi connectivity index (χ3n) is 3.25. The van der Waals surface area contributed by atoms with Gasteiger partial charge in [-0.05, 0) is 12.5 Å². The molecule has 0 fully saturated rings. The second kappa shape index (κ2) is 10.2. The predicted molar refractivity (Wildman–Crippen MR) is 108 cm³/mol. The van der Waals surface area contributed by atoms with Crippen LogP contribution in [0.5, 0.6) is 0 Å². The quantitative estimate of drug-likeness (QED) is 0.552. The van der Waals surface area contributed by atoms with Gasteiger partial charge in [0.15, 0.2) is 5.82 Å². The molecule has 1 heterocycles. The Balaban J connectivity index is 0.00000151. The molecule has 130 valence electrons. The highest BCUT2D eigenvalue weighted by atomic mass is 35.5. The highest BCUT2D eigenvalue weighted by molar-refractivity contribution is 6.38. The number of halogens is 1. The van der Waals surface area contributed by atoms with Gasteiger partial charge in [0.05, 0.1) is 16.3 Å². The molecule has 0 atom stereocenters. The number of anilines is 1. The first-order valence-corrected chi connectivity index (χ1v) is 8.39. The second-order valence-corrected chi connectivity index (χ2v) is 5.08. The summed E-state index contributed by atoms with van der Waals surface area (Å²) in [7, 11) is 0. The molecule has 5 heteroatoms. The molecule has 1 aromatic heterocycles. The van der Waals surface area contributed by atoms with Crippen molar-refractivity contribution in [2.75, 3.05) is 5.73 Å². The summed E-state index contributed by atoms with van der Waals surface area (Å²) in [4.78, 5) is 0. The van der Waals surface area contributed by atoms with E-state index in [9.17, 15) is 0 Å². The number of nitrogens with two attached hydrogens (primary N) is 1. The minimum Gasteiger partial charge on any atom is -0.382 e. The van der Waals surface area contributed by atoms with Gasteiger partial charge in [-0.2, -0.15) is 0 Å². The van der Waals surface area contributed by atoms with E-state index in [0.717, 1.165) is 5.56 Å². The molecule has 0 bridgehead atoms. The van der Waals surface area contributed by atoms with Crippen LogP contribution in [-0.4, -0.2) is 15.9 Å². The Morgan fingerprint density at radius 2 is 1.84 bits per heavy atom. The van der Waals surface area contributed by atoms with Crippen LogP contribution in [0, 0.1) is 5.41 Å². The van der Waals surface area contributed by atoms with Crippen molar-refractivity contribution in [2.24, 2.45) is 0 Å². The van der Waals surface area contributed by atoms with E-state index in [2.05, 4.69) is 16.8 Å². The summed E-state index contributed by atoms with van der Waals surface area (Å²) in [6.07, 6.45) is 6.97. The second-order valence-electron chi connectivity index (χ2n) is 4.70. The number of nitrogens with one attached hydrogen (secondary N) is 1. The van der Waals surface area contributed by atoms with Crippen LogP contribution in [-0.2, 0) is 0 Å². The molecule has 1 aromatic carbocycles. The van der Waals surface area contributed by atoms with Crippen LogP contribution in [0.2, 0.25) is 5.02 Å². The average Bonchev–Trinajstić information content (AvgIpc) is 2.65. The number of aromatic nitrogens is 2.